The molecule has 1 amide bonds. The lowest BCUT2D eigenvalue weighted by Crippen LogP contribution is -2.44. The first-order valence-electron chi connectivity index (χ1n) is 4.33. The van der Waals surface area contributed by atoms with Gasteiger partial charge in [-0.2, -0.15) is 12.6 Å². The van der Waals surface area contributed by atoms with E-state index in [1.165, 1.54) is 0 Å². The number of piperidine rings is 1. The maximum absolute atomic E-state index is 11.2. The van der Waals surface area contributed by atoms with Gasteiger partial charge in [-0.1, -0.05) is 0 Å². The monoisotopic (exact) mass is 188 g/mol. The third-order valence-electron chi connectivity index (χ3n) is 2.39. The van der Waals surface area contributed by atoms with Gasteiger partial charge in [-0.05, 0) is 25.9 Å². The highest BCUT2D eigenvalue weighted by Gasteiger charge is 2.20. The maximum atomic E-state index is 11.2. The summed E-state index contributed by atoms with van der Waals surface area (Å²) < 4.78 is 0. The van der Waals surface area contributed by atoms with E-state index < -0.39 is 0 Å². The van der Waals surface area contributed by atoms with Crippen LogP contribution in [-0.2, 0) is 4.79 Å². The minimum atomic E-state index is 0.130. The molecule has 4 heteroatoms. The normalized spacial score (nSPS) is 19.2. The molecule has 1 heterocycles. The van der Waals surface area contributed by atoms with Gasteiger partial charge in [-0.3, -0.25) is 4.79 Å². The molecule has 0 aromatic heterocycles. The van der Waals surface area contributed by atoms with Gasteiger partial charge in [0.2, 0.25) is 5.91 Å². The fraction of sp³-hybridized carbons (Fsp3) is 0.875. The van der Waals surface area contributed by atoms with Crippen LogP contribution in [0.5, 0.6) is 0 Å². The largest absolute Gasteiger partial charge is 0.342 e. The predicted molar refractivity (Wildman–Crippen MR) is 52.5 cm³/mol. The molecule has 0 radical (unpaired) electrons. The van der Waals surface area contributed by atoms with Crippen molar-refractivity contribution in [3.8, 4) is 0 Å². The van der Waals surface area contributed by atoms with E-state index in [4.69, 9.17) is 0 Å². The second-order valence-electron chi connectivity index (χ2n) is 3.14. The Kier molecular flexibility index (Phi) is 3.88. The van der Waals surface area contributed by atoms with Crippen LogP contribution in [0.3, 0.4) is 0 Å². The molecule has 0 unspecified atom stereocenters. The SMILES string of the molecule is CN(C(=O)CS)C1CCNCC1. The van der Waals surface area contributed by atoms with Crippen LogP contribution in [0.25, 0.3) is 0 Å². The predicted octanol–water partition coefficient (Wildman–Crippen LogP) is 0.127. The van der Waals surface area contributed by atoms with Crippen LogP contribution >= 0.6 is 12.6 Å². The van der Waals surface area contributed by atoms with Crippen LogP contribution in [0.1, 0.15) is 12.8 Å². The molecule has 0 atom stereocenters. The Morgan fingerprint density at radius 1 is 1.58 bits per heavy atom. The molecule has 0 saturated carbocycles. The summed E-state index contributed by atoms with van der Waals surface area (Å²) in [4.78, 5) is 13.1. The van der Waals surface area contributed by atoms with E-state index in [9.17, 15) is 4.79 Å². The van der Waals surface area contributed by atoms with Gasteiger partial charge in [0.25, 0.3) is 0 Å². The van der Waals surface area contributed by atoms with E-state index >= 15 is 0 Å². The first kappa shape index (κ1) is 9.86. The van der Waals surface area contributed by atoms with Gasteiger partial charge in [-0.25, -0.2) is 0 Å². The number of nitrogens with one attached hydrogen (secondary N) is 1. The van der Waals surface area contributed by atoms with Crippen LogP contribution in [-0.4, -0.2) is 42.7 Å². The van der Waals surface area contributed by atoms with Crippen molar-refractivity contribution in [3.05, 3.63) is 0 Å². The van der Waals surface area contributed by atoms with Crippen LogP contribution in [0.4, 0.5) is 0 Å². The van der Waals surface area contributed by atoms with E-state index in [1.54, 1.807) is 0 Å². The summed E-state index contributed by atoms with van der Waals surface area (Å²) in [5.74, 6) is 0.450. The van der Waals surface area contributed by atoms with Crippen molar-refractivity contribution in [3.63, 3.8) is 0 Å². The highest BCUT2D eigenvalue weighted by Crippen LogP contribution is 2.09. The smallest absolute Gasteiger partial charge is 0.232 e. The van der Waals surface area contributed by atoms with Crippen LogP contribution < -0.4 is 5.32 Å². The first-order valence-corrected chi connectivity index (χ1v) is 4.96. The van der Waals surface area contributed by atoms with Gasteiger partial charge in [0.1, 0.15) is 0 Å². The standard InChI is InChI=1S/C8H16N2OS/c1-10(8(11)6-12)7-2-4-9-5-3-7/h7,9,12H,2-6H2,1H3. The quantitative estimate of drug-likeness (QED) is 0.604. The molecule has 70 valence electrons. The summed E-state index contributed by atoms with van der Waals surface area (Å²) in [6.45, 7) is 2.05. The molecule has 0 aromatic carbocycles. The third kappa shape index (κ3) is 2.38. The van der Waals surface area contributed by atoms with Crippen molar-refractivity contribution in [2.45, 2.75) is 18.9 Å². The lowest BCUT2D eigenvalue weighted by Gasteiger charge is -2.31. The van der Waals surface area contributed by atoms with Gasteiger partial charge in [0.15, 0.2) is 0 Å². The molecule has 0 bridgehead atoms. The second kappa shape index (κ2) is 4.72. The van der Waals surface area contributed by atoms with Crippen molar-refractivity contribution in [1.29, 1.82) is 0 Å². The molecule has 1 fully saturated rings. The third-order valence-corrected chi connectivity index (χ3v) is 2.66. The number of amides is 1. The highest BCUT2D eigenvalue weighted by atomic mass is 32.1. The van der Waals surface area contributed by atoms with E-state index in [1.807, 2.05) is 11.9 Å². The zero-order valence-electron chi connectivity index (χ0n) is 7.42. The summed E-state index contributed by atoms with van der Waals surface area (Å²) >= 11 is 3.97. The van der Waals surface area contributed by atoms with E-state index in [2.05, 4.69) is 17.9 Å². The van der Waals surface area contributed by atoms with Crippen molar-refractivity contribution in [2.75, 3.05) is 25.9 Å². The van der Waals surface area contributed by atoms with E-state index in [-0.39, 0.29) is 5.91 Å². The molecule has 1 rings (SSSR count). The summed E-state index contributed by atoms with van der Waals surface area (Å²) in [6.07, 6.45) is 2.13. The molecule has 1 aliphatic rings. The lowest BCUT2D eigenvalue weighted by atomic mass is 10.1. The average Bonchev–Trinajstić information content (AvgIpc) is 2.17. The number of hydrogen-bond acceptors (Lipinski definition) is 3. The molecule has 1 aliphatic heterocycles. The summed E-state index contributed by atoms with van der Waals surface area (Å²) in [7, 11) is 1.87. The van der Waals surface area contributed by atoms with Crippen LogP contribution in [0.2, 0.25) is 0 Å². The fourth-order valence-electron chi connectivity index (χ4n) is 1.51. The van der Waals surface area contributed by atoms with Crippen molar-refractivity contribution in [2.24, 2.45) is 0 Å². The topological polar surface area (TPSA) is 32.3 Å². The van der Waals surface area contributed by atoms with Gasteiger partial charge in [0, 0.05) is 13.1 Å². The van der Waals surface area contributed by atoms with Crippen molar-refractivity contribution in [1.82, 2.24) is 10.2 Å². The Balaban J connectivity index is 2.39. The molecule has 0 aliphatic carbocycles. The molecule has 0 spiro atoms. The number of thiol groups is 1. The van der Waals surface area contributed by atoms with Crippen molar-refractivity contribution >= 4 is 18.5 Å². The lowest BCUT2D eigenvalue weighted by molar-refractivity contribution is -0.129. The van der Waals surface area contributed by atoms with Crippen LogP contribution in [0.15, 0.2) is 0 Å². The molecule has 0 aromatic rings. The molecule has 12 heavy (non-hydrogen) atoms. The number of carbonyl (C=O) groups is 1. The molecule has 1 N–H and O–H groups in total. The number of hydrogen-bond donors (Lipinski definition) is 2. The van der Waals surface area contributed by atoms with Crippen molar-refractivity contribution < 1.29 is 4.79 Å². The minimum Gasteiger partial charge on any atom is -0.342 e. The Labute approximate surface area is 78.9 Å². The molecule has 3 nitrogen and oxygen atoms in total. The first-order chi connectivity index (χ1) is 5.75. The zero-order valence-corrected chi connectivity index (χ0v) is 8.31. The number of rotatable bonds is 2. The number of nitrogens with zero attached hydrogens (tertiary/aromatic N) is 1. The zero-order chi connectivity index (χ0) is 8.97. The van der Waals surface area contributed by atoms with Gasteiger partial charge >= 0.3 is 0 Å². The van der Waals surface area contributed by atoms with Gasteiger partial charge < -0.3 is 10.2 Å². The van der Waals surface area contributed by atoms with E-state index in [0.717, 1.165) is 25.9 Å². The summed E-state index contributed by atoms with van der Waals surface area (Å²) in [6, 6.07) is 0.422. The molecule has 1 saturated heterocycles. The Morgan fingerprint density at radius 3 is 2.67 bits per heavy atom. The van der Waals surface area contributed by atoms with E-state index in [0.29, 0.717) is 11.8 Å². The van der Waals surface area contributed by atoms with Crippen LogP contribution in [0, 0.1) is 0 Å². The molecular formula is C8H16N2OS. The highest BCUT2D eigenvalue weighted by molar-refractivity contribution is 7.81. The fourth-order valence-corrected chi connectivity index (χ4v) is 1.73. The second-order valence-corrected chi connectivity index (χ2v) is 3.46. The Morgan fingerprint density at radius 2 is 2.17 bits per heavy atom. The Hall–Kier alpha value is -0.220. The summed E-state index contributed by atoms with van der Waals surface area (Å²) in [5, 5.41) is 3.27. The van der Waals surface area contributed by atoms with Gasteiger partial charge in [0.05, 0.1) is 5.75 Å². The average molecular weight is 188 g/mol. The minimum absolute atomic E-state index is 0.130. The number of carbonyl (C=O) groups excluding carboxylic acids is 1. The summed E-state index contributed by atoms with van der Waals surface area (Å²) in [5.41, 5.74) is 0. The Bertz CT molecular complexity index is 157. The maximum Gasteiger partial charge on any atom is 0.232 e. The molecular weight excluding hydrogens is 172 g/mol. The van der Waals surface area contributed by atoms with Gasteiger partial charge in [-0.15, -0.1) is 0 Å².